The third-order valence-corrected chi connectivity index (χ3v) is 5.53. The van der Waals surface area contributed by atoms with Crippen LogP contribution in [0, 0.1) is 0 Å². The Morgan fingerprint density at radius 3 is 2.65 bits per heavy atom. The van der Waals surface area contributed by atoms with Crippen LogP contribution in [0.25, 0.3) is 10.4 Å². The van der Waals surface area contributed by atoms with Gasteiger partial charge in [0.15, 0.2) is 5.78 Å². The van der Waals surface area contributed by atoms with E-state index < -0.39 is 0 Å². The van der Waals surface area contributed by atoms with Crippen molar-refractivity contribution in [3.63, 3.8) is 0 Å². The fourth-order valence-corrected chi connectivity index (χ4v) is 3.75. The van der Waals surface area contributed by atoms with Crippen molar-refractivity contribution in [3.8, 4) is 10.4 Å². The van der Waals surface area contributed by atoms with Crippen LogP contribution in [-0.4, -0.2) is 21.5 Å². The van der Waals surface area contributed by atoms with E-state index in [0.29, 0.717) is 5.56 Å². The van der Waals surface area contributed by atoms with E-state index in [1.807, 2.05) is 50.4 Å². The number of Topliss-reactive ketones (excluding diaryl/α,β-unsaturated/α-hetero) is 1. The normalized spacial score (nSPS) is 12.0. The molecule has 0 spiro atoms. The van der Waals surface area contributed by atoms with Gasteiger partial charge in [0.05, 0.1) is 16.6 Å². The summed E-state index contributed by atoms with van der Waals surface area (Å²) in [5.41, 5.74) is 2.51. The molecule has 1 aromatic carbocycles. The van der Waals surface area contributed by atoms with E-state index in [-0.39, 0.29) is 17.7 Å². The molecule has 134 valence electrons. The fourth-order valence-electron chi connectivity index (χ4n) is 2.85. The highest BCUT2D eigenvalue weighted by Crippen LogP contribution is 2.29. The Balaban J connectivity index is 1.81. The minimum Gasteiger partial charge on any atom is -0.344 e. The second-order valence-corrected chi connectivity index (χ2v) is 7.20. The third-order valence-electron chi connectivity index (χ3n) is 4.29. The van der Waals surface area contributed by atoms with Crippen molar-refractivity contribution >= 4 is 23.0 Å². The zero-order chi connectivity index (χ0) is 18.7. The van der Waals surface area contributed by atoms with Crippen molar-refractivity contribution in [1.29, 1.82) is 0 Å². The van der Waals surface area contributed by atoms with Crippen molar-refractivity contribution in [3.05, 3.63) is 64.8 Å². The molecule has 1 amide bonds. The number of aromatic nitrogens is 2. The van der Waals surface area contributed by atoms with Gasteiger partial charge in [0.25, 0.3) is 5.91 Å². The molecule has 26 heavy (non-hydrogen) atoms. The molecule has 1 atom stereocenters. The van der Waals surface area contributed by atoms with Crippen molar-refractivity contribution in [1.82, 2.24) is 15.1 Å². The van der Waals surface area contributed by atoms with Crippen molar-refractivity contribution in [2.75, 3.05) is 0 Å². The SMILES string of the molecule is CC[C@H](NC(=O)c1cccc(-c2ccc(C(C)=O)s2)c1)c1ccnn1C. The number of ketones is 1. The van der Waals surface area contributed by atoms with Crippen LogP contribution in [0.3, 0.4) is 0 Å². The Labute approximate surface area is 156 Å². The molecule has 0 aliphatic carbocycles. The Hall–Kier alpha value is -2.73. The first kappa shape index (κ1) is 18.1. The summed E-state index contributed by atoms with van der Waals surface area (Å²) in [4.78, 5) is 25.9. The number of benzene rings is 1. The summed E-state index contributed by atoms with van der Waals surface area (Å²) in [5.74, 6) is -0.0691. The van der Waals surface area contributed by atoms with Crippen molar-refractivity contribution in [2.24, 2.45) is 7.05 Å². The maximum absolute atomic E-state index is 12.7. The Bertz CT molecular complexity index is 942. The zero-order valence-corrected chi connectivity index (χ0v) is 15.8. The molecule has 3 rings (SSSR count). The molecular formula is C20H21N3O2S. The molecule has 3 aromatic rings. The number of thiophene rings is 1. The Morgan fingerprint density at radius 1 is 1.23 bits per heavy atom. The molecule has 6 heteroatoms. The van der Waals surface area contributed by atoms with Crippen LogP contribution in [0.15, 0.2) is 48.7 Å². The minimum atomic E-state index is -0.122. The fraction of sp³-hybridized carbons (Fsp3) is 0.250. The molecule has 5 nitrogen and oxygen atoms in total. The first-order valence-corrected chi connectivity index (χ1v) is 9.31. The molecular weight excluding hydrogens is 346 g/mol. The predicted octanol–water partition coefficient (Wildman–Crippen LogP) is 4.23. The predicted molar refractivity (Wildman–Crippen MR) is 103 cm³/mol. The lowest BCUT2D eigenvalue weighted by atomic mass is 10.1. The highest BCUT2D eigenvalue weighted by molar-refractivity contribution is 7.17. The third kappa shape index (κ3) is 3.75. The lowest BCUT2D eigenvalue weighted by molar-refractivity contribution is 0.0933. The van der Waals surface area contributed by atoms with Gasteiger partial charge >= 0.3 is 0 Å². The quantitative estimate of drug-likeness (QED) is 0.663. The van der Waals surface area contributed by atoms with Crippen LogP contribution < -0.4 is 5.32 Å². The number of nitrogens with zero attached hydrogens (tertiary/aromatic N) is 2. The van der Waals surface area contributed by atoms with Crippen LogP contribution in [0.2, 0.25) is 0 Å². The second-order valence-electron chi connectivity index (χ2n) is 6.11. The van der Waals surface area contributed by atoms with Gasteiger partial charge in [-0.15, -0.1) is 11.3 Å². The van der Waals surface area contributed by atoms with Gasteiger partial charge in [-0.3, -0.25) is 14.3 Å². The number of amides is 1. The van der Waals surface area contributed by atoms with E-state index >= 15 is 0 Å². The summed E-state index contributed by atoms with van der Waals surface area (Å²) in [7, 11) is 1.87. The Kier molecular flexibility index (Phi) is 5.32. The molecule has 0 saturated carbocycles. The molecule has 0 bridgehead atoms. The van der Waals surface area contributed by atoms with E-state index in [1.54, 1.807) is 23.9 Å². The number of carbonyl (C=O) groups excluding carboxylic acids is 2. The molecule has 0 fully saturated rings. The lowest BCUT2D eigenvalue weighted by Gasteiger charge is -2.17. The average molecular weight is 367 g/mol. The van der Waals surface area contributed by atoms with Gasteiger partial charge < -0.3 is 5.32 Å². The van der Waals surface area contributed by atoms with E-state index in [2.05, 4.69) is 10.4 Å². The number of carbonyl (C=O) groups is 2. The summed E-state index contributed by atoms with van der Waals surface area (Å²) < 4.78 is 1.78. The molecule has 0 radical (unpaired) electrons. The van der Waals surface area contributed by atoms with E-state index in [9.17, 15) is 9.59 Å². The largest absolute Gasteiger partial charge is 0.344 e. The van der Waals surface area contributed by atoms with Gasteiger partial charge in [-0.2, -0.15) is 5.10 Å². The lowest BCUT2D eigenvalue weighted by Crippen LogP contribution is -2.29. The molecule has 0 saturated heterocycles. The zero-order valence-electron chi connectivity index (χ0n) is 15.0. The molecule has 0 aliphatic rings. The minimum absolute atomic E-state index is 0.0529. The number of nitrogens with one attached hydrogen (secondary N) is 1. The first-order valence-electron chi connectivity index (χ1n) is 8.49. The smallest absolute Gasteiger partial charge is 0.251 e. The topological polar surface area (TPSA) is 64.0 Å². The standard InChI is InChI=1S/C20H21N3O2S/c1-4-16(17-10-11-21-23(17)3)22-20(25)15-7-5-6-14(12-15)19-9-8-18(26-19)13(2)24/h5-12,16H,4H2,1-3H3,(H,22,25)/t16-/m0/s1. The molecule has 2 heterocycles. The van der Waals surface area contributed by atoms with Crippen LogP contribution in [0.4, 0.5) is 0 Å². The molecule has 0 aliphatic heterocycles. The summed E-state index contributed by atoms with van der Waals surface area (Å²) in [5, 5.41) is 7.25. The van der Waals surface area contributed by atoms with Gasteiger partial charge in [0, 0.05) is 23.7 Å². The Morgan fingerprint density at radius 2 is 2.04 bits per heavy atom. The molecule has 2 aromatic heterocycles. The number of hydrogen-bond donors (Lipinski definition) is 1. The van der Waals surface area contributed by atoms with E-state index in [4.69, 9.17) is 0 Å². The van der Waals surface area contributed by atoms with Gasteiger partial charge in [-0.1, -0.05) is 19.1 Å². The summed E-state index contributed by atoms with van der Waals surface area (Å²) in [6, 6.07) is 13.0. The molecule has 0 unspecified atom stereocenters. The maximum atomic E-state index is 12.7. The number of rotatable bonds is 6. The second kappa shape index (κ2) is 7.66. The van der Waals surface area contributed by atoms with Crippen molar-refractivity contribution < 1.29 is 9.59 Å². The number of hydrogen-bond acceptors (Lipinski definition) is 4. The summed E-state index contributed by atoms with van der Waals surface area (Å²) in [6.07, 6.45) is 2.51. The van der Waals surface area contributed by atoms with Gasteiger partial charge in [-0.05, 0) is 49.2 Å². The van der Waals surface area contributed by atoms with Crippen LogP contribution >= 0.6 is 11.3 Å². The number of aryl methyl sites for hydroxylation is 1. The average Bonchev–Trinajstić information content (AvgIpc) is 3.29. The molecule has 1 N–H and O–H groups in total. The van der Waals surface area contributed by atoms with Crippen LogP contribution in [-0.2, 0) is 7.05 Å². The summed E-state index contributed by atoms with van der Waals surface area (Å²) >= 11 is 1.44. The van der Waals surface area contributed by atoms with E-state index in [0.717, 1.165) is 27.4 Å². The first-order chi connectivity index (χ1) is 12.5. The maximum Gasteiger partial charge on any atom is 0.251 e. The van der Waals surface area contributed by atoms with Gasteiger partial charge in [0.1, 0.15) is 0 Å². The van der Waals surface area contributed by atoms with E-state index in [1.165, 1.54) is 11.3 Å². The highest BCUT2D eigenvalue weighted by Gasteiger charge is 2.17. The van der Waals surface area contributed by atoms with Crippen molar-refractivity contribution in [2.45, 2.75) is 26.3 Å². The highest BCUT2D eigenvalue weighted by atomic mass is 32.1. The van der Waals surface area contributed by atoms with Gasteiger partial charge in [-0.25, -0.2) is 0 Å². The summed E-state index contributed by atoms with van der Waals surface area (Å²) in [6.45, 7) is 3.59. The van der Waals surface area contributed by atoms with Gasteiger partial charge in [0.2, 0.25) is 0 Å². The monoisotopic (exact) mass is 367 g/mol. The van der Waals surface area contributed by atoms with Crippen LogP contribution in [0.5, 0.6) is 0 Å². The van der Waals surface area contributed by atoms with Crippen LogP contribution in [0.1, 0.15) is 52.0 Å².